The van der Waals surface area contributed by atoms with Gasteiger partial charge >= 0.3 is 0 Å². The molecule has 2 aromatic rings. The highest BCUT2D eigenvalue weighted by molar-refractivity contribution is 9.10. The number of halogens is 4. The lowest BCUT2D eigenvalue weighted by molar-refractivity contribution is 0.451. The Balaban J connectivity index is 2.33. The number of rotatable bonds is 3. The fraction of sp³-hybridized carbons (Fsp3) is 0.0833. The maximum absolute atomic E-state index is 13.0. The molecule has 0 unspecified atom stereocenters. The van der Waals surface area contributed by atoms with Crippen molar-refractivity contribution < 1.29 is 9.13 Å². The second-order valence-corrected chi connectivity index (χ2v) is 4.99. The zero-order chi connectivity index (χ0) is 13.1. The molecule has 0 spiro atoms. The molecule has 2 nitrogen and oxygen atoms in total. The van der Waals surface area contributed by atoms with E-state index in [-0.39, 0.29) is 11.8 Å². The Morgan fingerprint density at radius 2 is 2.11 bits per heavy atom. The Labute approximate surface area is 122 Å². The van der Waals surface area contributed by atoms with Crippen molar-refractivity contribution in [2.75, 3.05) is 0 Å². The van der Waals surface area contributed by atoms with Crippen LogP contribution >= 0.6 is 39.1 Å². The smallest absolute Gasteiger partial charge is 0.223 e. The van der Waals surface area contributed by atoms with Gasteiger partial charge in [0.25, 0.3) is 0 Å². The summed E-state index contributed by atoms with van der Waals surface area (Å²) >= 11 is 14.9. The van der Waals surface area contributed by atoms with Gasteiger partial charge in [-0.05, 0) is 40.2 Å². The zero-order valence-electron chi connectivity index (χ0n) is 8.96. The Morgan fingerprint density at radius 1 is 1.33 bits per heavy atom. The molecule has 0 saturated carbocycles. The number of benzene rings is 1. The highest BCUT2D eigenvalue weighted by Crippen LogP contribution is 2.32. The van der Waals surface area contributed by atoms with Gasteiger partial charge in [0.1, 0.15) is 11.6 Å². The third-order valence-corrected chi connectivity index (χ3v) is 3.28. The first-order valence-corrected chi connectivity index (χ1v) is 6.64. The first kappa shape index (κ1) is 13.6. The summed E-state index contributed by atoms with van der Waals surface area (Å²) in [5.74, 6) is 0.471. The molecule has 0 fully saturated rings. The normalized spacial score (nSPS) is 10.4. The van der Waals surface area contributed by atoms with Crippen LogP contribution in [0.5, 0.6) is 11.6 Å². The van der Waals surface area contributed by atoms with Gasteiger partial charge in [0.05, 0.1) is 16.5 Å². The molecule has 0 N–H and O–H groups in total. The molecule has 1 aromatic heterocycles. The van der Waals surface area contributed by atoms with E-state index in [0.717, 1.165) is 6.20 Å². The molecule has 1 aromatic carbocycles. The lowest BCUT2D eigenvalue weighted by atomic mass is 10.3. The van der Waals surface area contributed by atoms with Gasteiger partial charge in [0.15, 0.2) is 0 Å². The van der Waals surface area contributed by atoms with Gasteiger partial charge in [-0.2, -0.15) is 0 Å². The predicted octanol–water partition coefficient (Wildman–Crippen LogP) is 5.17. The highest BCUT2D eigenvalue weighted by Gasteiger charge is 2.10. The monoisotopic (exact) mass is 349 g/mol. The standard InChI is InChI=1S/C12H7BrCl2FNO/c13-10-4-8(15)1-2-11(10)18-12-7(5-14)3-9(16)6-17-12/h1-4,6H,5H2. The number of hydrogen-bond acceptors (Lipinski definition) is 2. The van der Waals surface area contributed by atoms with Gasteiger partial charge in [-0.1, -0.05) is 11.6 Å². The lowest BCUT2D eigenvalue weighted by Gasteiger charge is -2.09. The molecule has 0 amide bonds. The van der Waals surface area contributed by atoms with Crippen molar-refractivity contribution in [3.05, 3.63) is 51.3 Å². The molecule has 0 aliphatic heterocycles. The van der Waals surface area contributed by atoms with Gasteiger partial charge < -0.3 is 4.74 Å². The molecule has 18 heavy (non-hydrogen) atoms. The average Bonchev–Trinajstić information content (AvgIpc) is 2.34. The van der Waals surface area contributed by atoms with Crippen molar-refractivity contribution in [2.45, 2.75) is 5.88 Å². The van der Waals surface area contributed by atoms with Crippen LogP contribution in [-0.4, -0.2) is 4.98 Å². The number of hydrogen-bond donors (Lipinski definition) is 0. The van der Waals surface area contributed by atoms with Crippen LogP contribution in [0.15, 0.2) is 34.9 Å². The number of nitrogens with zero attached hydrogens (tertiary/aromatic N) is 1. The molecular weight excluding hydrogens is 344 g/mol. The summed E-state index contributed by atoms with van der Waals surface area (Å²) in [6.45, 7) is 0. The minimum absolute atomic E-state index is 0.116. The molecular formula is C12H7BrCl2FNO. The van der Waals surface area contributed by atoms with E-state index in [1.54, 1.807) is 18.2 Å². The van der Waals surface area contributed by atoms with Crippen molar-refractivity contribution in [1.82, 2.24) is 4.98 Å². The Morgan fingerprint density at radius 3 is 2.78 bits per heavy atom. The van der Waals surface area contributed by atoms with Crippen LogP contribution in [0.1, 0.15) is 5.56 Å². The van der Waals surface area contributed by atoms with Crippen molar-refractivity contribution in [3.8, 4) is 11.6 Å². The quantitative estimate of drug-likeness (QED) is 0.712. The van der Waals surface area contributed by atoms with Crippen LogP contribution in [-0.2, 0) is 5.88 Å². The molecule has 0 bridgehead atoms. The number of aromatic nitrogens is 1. The summed E-state index contributed by atoms with van der Waals surface area (Å²) in [6.07, 6.45) is 1.08. The molecule has 0 saturated heterocycles. The average molecular weight is 351 g/mol. The van der Waals surface area contributed by atoms with Crippen molar-refractivity contribution in [3.63, 3.8) is 0 Å². The molecule has 2 rings (SSSR count). The van der Waals surface area contributed by atoms with E-state index in [1.165, 1.54) is 6.07 Å². The van der Waals surface area contributed by atoms with Gasteiger partial charge in [0, 0.05) is 10.6 Å². The minimum atomic E-state index is -0.451. The zero-order valence-corrected chi connectivity index (χ0v) is 12.1. The van der Waals surface area contributed by atoms with E-state index in [0.29, 0.717) is 20.8 Å². The van der Waals surface area contributed by atoms with Crippen LogP contribution < -0.4 is 4.74 Å². The summed E-state index contributed by atoms with van der Waals surface area (Å²) in [5, 5.41) is 0.582. The first-order chi connectivity index (χ1) is 8.60. The SMILES string of the molecule is Fc1cnc(Oc2ccc(Cl)cc2Br)c(CCl)c1. The van der Waals surface area contributed by atoms with Gasteiger partial charge in [0.2, 0.25) is 5.88 Å². The van der Waals surface area contributed by atoms with Gasteiger partial charge in [-0.15, -0.1) is 11.6 Å². The van der Waals surface area contributed by atoms with Crippen molar-refractivity contribution >= 4 is 39.1 Å². The maximum atomic E-state index is 13.0. The largest absolute Gasteiger partial charge is 0.438 e. The third-order valence-electron chi connectivity index (χ3n) is 2.14. The minimum Gasteiger partial charge on any atom is -0.438 e. The molecule has 0 atom stereocenters. The van der Waals surface area contributed by atoms with Crippen LogP contribution in [0.2, 0.25) is 5.02 Å². The second kappa shape index (κ2) is 5.87. The summed E-state index contributed by atoms with van der Waals surface area (Å²) < 4.78 is 19.3. The number of ether oxygens (including phenoxy) is 1. The fourth-order valence-electron chi connectivity index (χ4n) is 1.32. The van der Waals surface area contributed by atoms with Crippen LogP contribution in [0.4, 0.5) is 4.39 Å². The van der Waals surface area contributed by atoms with Crippen molar-refractivity contribution in [2.24, 2.45) is 0 Å². The third kappa shape index (κ3) is 3.13. The van der Waals surface area contributed by atoms with E-state index in [1.807, 2.05) is 0 Å². The highest BCUT2D eigenvalue weighted by atomic mass is 79.9. The summed E-state index contributed by atoms with van der Waals surface area (Å²) in [5.41, 5.74) is 0.485. The Hall–Kier alpha value is -0.840. The fourth-order valence-corrected chi connectivity index (χ4v) is 2.27. The summed E-state index contributed by atoms with van der Waals surface area (Å²) in [7, 11) is 0. The molecule has 1 heterocycles. The van der Waals surface area contributed by atoms with E-state index in [2.05, 4.69) is 20.9 Å². The summed E-state index contributed by atoms with van der Waals surface area (Å²) in [6, 6.07) is 6.36. The molecule has 94 valence electrons. The van der Waals surface area contributed by atoms with Gasteiger partial charge in [-0.25, -0.2) is 9.37 Å². The Kier molecular flexibility index (Phi) is 4.43. The molecule has 0 aliphatic carbocycles. The van der Waals surface area contributed by atoms with Crippen LogP contribution in [0, 0.1) is 5.82 Å². The number of alkyl halides is 1. The second-order valence-electron chi connectivity index (χ2n) is 3.43. The van der Waals surface area contributed by atoms with E-state index in [4.69, 9.17) is 27.9 Å². The lowest BCUT2D eigenvalue weighted by Crippen LogP contribution is -1.95. The first-order valence-electron chi connectivity index (χ1n) is 4.93. The van der Waals surface area contributed by atoms with E-state index >= 15 is 0 Å². The topological polar surface area (TPSA) is 22.1 Å². The Bertz CT molecular complexity index is 580. The van der Waals surface area contributed by atoms with Crippen LogP contribution in [0.3, 0.4) is 0 Å². The van der Waals surface area contributed by atoms with Gasteiger partial charge in [-0.3, -0.25) is 0 Å². The number of pyridine rings is 1. The maximum Gasteiger partial charge on any atom is 0.223 e. The van der Waals surface area contributed by atoms with Crippen LogP contribution in [0.25, 0.3) is 0 Å². The van der Waals surface area contributed by atoms with E-state index in [9.17, 15) is 4.39 Å². The van der Waals surface area contributed by atoms with E-state index < -0.39 is 5.82 Å². The predicted molar refractivity (Wildman–Crippen MR) is 73.0 cm³/mol. The van der Waals surface area contributed by atoms with Crippen molar-refractivity contribution in [1.29, 1.82) is 0 Å². The molecule has 0 radical (unpaired) electrons. The molecule has 0 aliphatic rings. The summed E-state index contributed by atoms with van der Waals surface area (Å²) in [4.78, 5) is 3.87. The molecule has 6 heteroatoms.